The summed E-state index contributed by atoms with van der Waals surface area (Å²) in [7, 11) is 0. The molecule has 6 heteroatoms. The predicted molar refractivity (Wildman–Crippen MR) is 98.2 cm³/mol. The Hall–Kier alpha value is -1.11. The summed E-state index contributed by atoms with van der Waals surface area (Å²) in [5.74, 6) is 0. The fourth-order valence-electron chi connectivity index (χ4n) is 4.64. The van der Waals surface area contributed by atoms with E-state index in [2.05, 4.69) is 6.92 Å². The number of ether oxygens (including phenoxy) is 1. The first-order valence-electron chi connectivity index (χ1n) is 10.1. The monoisotopic (exact) mass is 385 g/mol. The average Bonchev–Trinajstić information content (AvgIpc) is 3.07. The standard InChI is InChI=1S/C21H30F3NO2/c1-2-3-11-18(26)13-12-17-10-7-14-20(21(22,23)24)25(17)19(15-27-20)16-8-5-4-6-9-16/h4-6,8-9,17-19,26H,2-3,7,10-15H2,1H3/t17-,18-,19+,20-/m0/s1. The van der Waals surface area contributed by atoms with Crippen LogP contribution in [-0.4, -0.2) is 40.7 Å². The van der Waals surface area contributed by atoms with Crippen molar-refractivity contribution in [1.82, 2.24) is 4.90 Å². The second-order valence-corrected chi connectivity index (χ2v) is 7.85. The number of hydrogen-bond acceptors (Lipinski definition) is 3. The van der Waals surface area contributed by atoms with Crippen LogP contribution in [0.3, 0.4) is 0 Å². The third-order valence-corrected chi connectivity index (χ3v) is 6.03. The van der Waals surface area contributed by atoms with Crippen molar-refractivity contribution in [3.8, 4) is 0 Å². The number of unbranched alkanes of at least 4 members (excludes halogenated alkanes) is 1. The molecule has 0 spiro atoms. The van der Waals surface area contributed by atoms with Crippen LogP contribution >= 0.6 is 0 Å². The van der Waals surface area contributed by atoms with Crippen LogP contribution < -0.4 is 0 Å². The first-order valence-corrected chi connectivity index (χ1v) is 10.1. The van der Waals surface area contributed by atoms with Gasteiger partial charge in [-0.2, -0.15) is 13.2 Å². The van der Waals surface area contributed by atoms with Crippen molar-refractivity contribution < 1.29 is 23.0 Å². The number of halogens is 3. The van der Waals surface area contributed by atoms with Gasteiger partial charge in [0.05, 0.1) is 18.8 Å². The normalized spacial score (nSPS) is 30.3. The molecule has 1 aromatic carbocycles. The van der Waals surface area contributed by atoms with Crippen LogP contribution in [0.4, 0.5) is 13.2 Å². The van der Waals surface area contributed by atoms with Crippen molar-refractivity contribution in [1.29, 1.82) is 0 Å². The summed E-state index contributed by atoms with van der Waals surface area (Å²) in [4.78, 5) is 1.58. The van der Waals surface area contributed by atoms with E-state index in [0.29, 0.717) is 32.1 Å². The average molecular weight is 385 g/mol. The fraction of sp³-hybridized carbons (Fsp3) is 0.714. The zero-order valence-corrected chi connectivity index (χ0v) is 15.9. The highest BCUT2D eigenvalue weighted by Crippen LogP contribution is 2.53. The number of hydrogen-bond donors (Lipinski definition) is 1. The first-order chi connectivity index (χ1) is 12.9. The van der Waals surface area contributed by atoms with E-state index in [9.17, 15) is 18.3 Å². The first kappa shape index (κ1) is 20.6. The zero-order chi connectivity index (χ0) is 19.5. The maximum Gasteiger partial charge on any atom is 0.431 e. The minimum absolute atomic E-state index is 0.0191. The number of alkyl halides is 3. The van der Waals surface area contributed by atoms with Crippen molar-refractivity contribution in [2.45, 2.75) is 88.4 Å². The van der Waals surface area contributed by atoms with Gasteiger partial charge in [-0.1, -0.05) is 50.1 Å². The van der Waals surface area contributed by atoms with E-state index in [1.54, 1.807) is 4.90 Å². The van der Waals surface area contributed by atoms with Crippen LogP contribution in [0.2, 0.25) is 0 Å². The molecule has 1 N–H and O–H groups in total. The van der Waals surface area contributed by atoms with Crippen molar-refractivity contribution in [3.63, 3.8) is 0 Å². The highest BCUT2D eigenvalue weighted by Gasteiger charge is 2.67. The van der Waals surface area contributed by atoms with Gasteiger partial charge >= 0.3 is 6.18 Å². The van der Waals surface area contributed by atoms with Crippen molar-refractivity contribution in [2.24, 2.45) is 0 Å². The molecule has 2 aliphatic rings. The van der Waals surface area contributed by atoms with Crippen LogP contribution in [0.1, 0.15) is 69.9 Å². The molecule has 4 atom stereocenters. The Bertz CT molecular complexity index is 595. The molecule has 1 aromatic rings. The zero-order valence-electron chi connectivity index (χ0n) is 15.9. The summed E-state index contributed by atoms with van der Waals surface area (Å²) in [6, 6.07) is 8.71. The van der Waals surface area contributed by atoms with E-state index in [0.717, 1.165) is 18.4 Å². The molecule has 0 unspecified atom stereocenters. The summed E-state index contributed by atoms with van der Waals surface area (Å²) in [6.07, 6.45) is 0.0816. The number of aliphatic hydroxyl groups excluding tert-OH is 1. The maximum atomic E-state index is 14.1. The van der Waals surface area contributed by atoms with Gasteiger partial charge in [0.25, 0.3) is 0 Å². The van der Waals surface area contributed by atoms with E-state index in [1.807, 2.05) is 30.3 Å². The Balaban J connectivity index is 1.83. The van der Waals surface area contributed by atoms with Crippen LogP contribution in [-0.2, 0) is 4.74 Å². The molecular weight excluding hydrogens is 355 g/mol. The molecule has 0 bridgehead atoms. The largest absolute Gasteiger partial charge is 0.431 e. The molecule has 0 saturated carbocycles. The highest BCUT2D eigenvalue weighted by atomic mass is 19.4. The highest BCUT2D eigenvalue weighted by molar-refractivity contribution is 5.22. The van der Waals surface area contributed by atoms with Crippen LogP contribution in [0.15, 0.2) is 30.3 Å². The number of aliphatic hydroxyl groups is 1. The Morgan fingerprint density at radius 1 is 1.26 bits per heavy atom. The second kappa shape index (κ2) is 8.50. The maximum absolute atomic E-state index is 14.1. The van der Waals surface area contributed by atoms with Gasteiger partial charge in [0.2, 0.25) is 5.72 Å². The summed E-state index contributed by atoms with van der Waals surface area (Å²) >= 11 is 0. The summed E-state index contributed by atoms with van der Waals surface area (Å²) in [5, 5.41) is 10.2. The van der Waals surface area contributed by atoms with Crippen LogP contribution in [0.5, 0.6) is 0 Å². The Kier molecular flexibility index (Phi) is 6.49. The number of piperidine rings is 1. The molecule has 27 heavy (non-hydrogen) atoms. The number of benzene rings is 1. The smallest absolute Gasteiger partial charge is 0.393 e. The summed E-state index contributed by atoms with van der Waals surface area (Å²) in [6.45, 7) is 2.12. The van der Waals surface area contributed by atoms with Gasteiger partial charge < -0.3 is 9.84 Å². The van der Waals surface area contributed by atoms with Gasteiger partial charge in [0.15, 0.2) is 0 Å². The van der Waals surface area contributed by atoms with Gasteiger partial charge in [-0.15, -0.1) is 0 Å². The van der Waals surface area contributed by atoms with Crippen LogP contribution in [0.25, 0.3) is 0 Å². The lowest BCUT2D eigenvalue weighted by atomic mass is 9.87. The third kappa shape index (κ3) is 4.17. The number of rotatable bonds is 7. The minimum atomic E-state index is -4.43. The van der Waals surface area contributed by atoms with E-state index >= 15 is 0 Å². The third-order valence-electron chi connectivity index (χ3n) is 6.03. The SMILES string of the molecule is CCCC[C@H](O)CC[C@@H]1CCC[C@@]2(C(F)(F)F)OC[C@H](c3ccccc3)N12. The predicted octanol–water partition coefficient (Wildman–Crippen LogP) is 5.20. The molecule has 152 valence electrons. The van der Waals surface area contributed by atoms with Gasteiger partial charge in [0.1, 0.15) is 0 Å². The van der Waals surface area contributed by atoms with E-state index < -0.39 is 24.0 Å². The Morgan fingerprint density at radius 2 is 2.00 bits per heavy atom. The van der Waals surface area contributed by atoms with E-state index in [-0.39, 0.29) is 19.1 Å². The molecule has 0 radical (unpaired) electrons. The van der Waals surface area contributed by atoms with Gasteiger partial charge in [-0.3, -0.25) is 4.90 Å². The van der Waals surface area contributed by atoms with E-state index in [4.69, 9.17) is 4.74 Å². The molecule has 0 amide bonds. The summed E-state index contributed by atoms with van der Waals surface area (Å²) < 4.78 is 47.8. The van der Waals surface area contributed by atoms with Gasteiger partial charge in [0, 0.05) is 6.04 Å². The van der Waals surface area contributed by atoms with Crippen molar-refractivity contribution in [3.05, 3.63) is 35.9 Å². The van der Waals surface area contributed by atoms with Gasteiger partial charge in [-0.25, -0.2) is 0 Å². The topological polar surface area (TPSA) is 32.7 Å². The molecule has 3 nitrogen and oxygen atoms in total. The second-order valence-electron chi connectivity index (χ2n) is 7.85. The molecule has 3 rings (SSSR count). The Morgan fingerprint density at radius 3 is 2.67 bits per heavy atom. The molecule has 2 aliphatic heterocycles. The Labute approximate surface area is 159 Å². The molecule has 0 aromatic heterocycles. The van der Waals surface area contributed by atoms with Crippen LogP contribution in [0, 0.1) is 0 Å². The lowest BCUT2D eigenvalue weighted by Crippen LogP contribution is -2.62. The minimum Gasteiger partial charge on any atom is -0.393 e. The number of fused-ring (bicyclic) bond motifs is 1. The molecule has 2 heterocycles. The molecule has 2 fully saturated rings. The quantitative estimate of drug-likeness (QED) is 0.700. The molecule has 0 aliphatic carbocycles. The molecular formula is C21H30F3NO2. The van der Waals surface area contributed by atoms with Gasteiger partial charge in [-0.05, 0) is 44.1 Å². The van der Waals surface area contributed by atoms with Crippen molar-refractivity contribution >= 4 is 0 Å². The lowest BCUT2D eigenvalue weighted by Gasteiger charge is -2.48. The van der Waals surface area contributed by atoms with E-state index in [1.165, 1.54) is 0 Å². The lowest BCUT2D eigenvalue weighted by molar-refractivity contribution is -0.322. The fourth-order valence-corrected chi connectivity index (χ4v) is 4.64. The number of nitrogens with zero attached hydrogens (tertiary/aromatic N) is 1. The summed E-state index contributed by atoms with van der Waals surface area (Å²) in [5.41, 5.74) is -1.33. The molecule has 2 saturated heterocycles. The van der Waals surface area contributed by atoms with Crippen molar-refractivity contribution in [2.75, 3.05) is 6.61 Å².